The Morgan fingerprint density at radius 1 is 1.00 bits per heavy atom. The lowest BCUT2D eigenvalue weighted by Crippen LogP contribution is -2.43. The number of piperazine rings is 1. The maximum atomic E-state index is 9.55. The molecule has 4 aromatic rings. The number of hydrogen-bond acceptors (Lipinski definition) is 6. The normalized spacial score (nSPS) is 13.8. The molecule has 0 unspecified atom stereocenters. The van der Waals surface area contributed by atoms with Gasteiger partial charge in [-0.3, -0.25) is 4.68 Å². The number of halogens is 1. The number of nitrogens with zero attached hydrogens (tertiary/aromatic N) is 7. The van der Waals surface area contributed by atoms with Crippen molar-refractivity contribution in [1.29, 1.82) is 5.26 Å². The van der Waals surface area contributed by atoms with Gasteiger partial charge < -0.3 is 10.2 Å². The van der Waals surface area contributed by atoms with Gasteiger partial charge in [0.25, 0.3) is 0 Å². The summed E-state index contributed by atoms with van der Waals surface area (Å²) in [6.45, 7) is 3.85. The zero-order valence-corrected chi connectivity index (χ0v) is 17.3. The van der Waals surface area contributed by atoms with Gasteiger partial charge >= 0.3 is 0 Å². The third-order valence-corrected chi connectivity index (χ3v) is 5.27. The van der Waals surface area contributed by atoms with Gasteiger partial charge in [0.05, 0.1) is 23.5 Å². The largest absolute Gasteiger partial charge is 0.354 e. The molecule has 0 aliphatic carbocycles. The van der Waals surface area contributed by atoms with Crippen LogP contribution >= 0.6 is 12.4 Å². The summed E-state index contributed by atoms with van der Waals surface area (Å²) in [5.41, 5.74) is 5.20. The maximum absolute atomic E-state index is 9.55. The number of nitrogens with one attached hydrogen (secondary N) is 1. The molecule has 0 atom stereocenters. The topological polar surface area (TPSA) is 87.1 Å². The van der Waals surface area contributed by atoms with Crippen LogP contribution in [0.25, 0.3) is 27.8 Å². The molecule has 152 valence electrons. The number of rotatable bonds is 3. The molecule has 1 fully saturated rings. The second-order valence-electron chi connectivity index (χ2n) is 7.15. The minimum Gasteiger partial charge on any atom is -0.354 e. The summed E-state index contributed by atoms with van der Waals surface area (Å²) >= 11 is 0. The van der Waals surface area contributed by atoms with Crippen molar-refractivity contribution in [1.82, 2.24) is 29.7 Å². The Bertz CT molecular complexity index is 1210. The van der Waals surface area contributed by atoms with Crippen LogP contribution < -0.4 is 10.2 Å². The van der Waals surface area contributed by atoms with Gasteiger partial charge in [0.1, 0.15) is 11.9 Å². The molecule has 0 spiro atoms. The maximum Gasteiger partial charge on any atom is 0.128 e. The molecule has 4 aromatic heterocycles. The lowest BCUT2D eigenvalue weighted by Gasteiger charge is -2.28. The first-order chi connectivity index (χ1) is 14.2. The van der Waals surface area contributed by atoms with E-state index in [1.165, 1.54) is 0 Å². The Kier molecular flexibility index (Phi) is 5.40. The molecule has 1 saturated heterocycles. The van der Waals surface area contributed by atoms with E-state index in [0.29, 0.717) is 5.56 Å². The van der Waals surface area contributed by atoms with Gasteiger partial charge in [-0.25, -0.2) is 9.50 Å². The van der Waals surface area contributed by atoms with Crippen LogP contribution in [0, 0.1) is 11.3 Å². The van der Waals surface area contributed by atoms with Crippen molar-refractivity contribution in [2.75, 3.05) is 31.1 Å². The third-order valence-electron chi connectivity index (χ3n) is 5.27. The predicted molar refractivity (Wildman–Crippen MR) is 118 cm³/mol. The molecular weight excluding hydrogens is 400 g/mol. The Hall–Kier alpha value is -3.41. The first-order valence-corrected chi connectivity index (χ1v) is 9.55. The highest BCUT2D eigenvalue weighted by molar-refractivity contribution is 5.87. The number of aromatic nitrogens is 5. The first kappa shape index (κ1) is 19.9. The van der Waals surface area contributed by atoms with E-state index in [1.54, 1.807) is 15.4 Å². The van der Waals surface area contributed by atoms with E-state index in [4.69, 9.17) is 4.98 Å². The summed E-state index contributed by atoms with van der Waals surface area (Å²) in [4.78, 5) is 6.98. The second kappa shape index (κ2) is 8.14. The average Bonchev–Trinajstić information content (AvgIpc) is 3.40. The van der Waals surface area contributed by atoms with Gasteiger partial charge in [-0.15, -0.1) is 12.4 Å². The van der Waals surface area contributed by atoms with Gasteiger partial charge in [-0.05, 0) is 18.2 Å². The van der Waals surface area contributed by atoms with E-state index >= 15 is 0 Å². The van der Waals surface area contributed by atoms with Crippen molar-refractivity contribution in [2.45, 2.75) is 0 Å². The Balaban J connectivity index is 0.00000218. The number of pyridine rings is 2. The molecule has 0 radical (unpaired) electrons. The van der Waals surface area contributed by atoms with Gasteiger partial charge in [0.15, 0.2) is 0 Å². The molecule has 0 aromatic carbocycles. The van der Waals surface area contributed by atoms with Crippen molar-refractivity contribution < 1.29 is 0 Å². The lowest BCUT2D eigenvalue weighted by molar-refractivity contribution is 0.585. The third kappa shape index (κ3) is 3.49. The molecule has 9 heteroatoms. The molecule has 8 nitrogen and oxygen atoms in total. The minimum absolute atomic E-state index is 0. The van der Waals surface area contributed by atoms with Gasteiger partial charge in [-0.1, -0.05) is 0 Å². The van der Waals surface area contributed by atoms with E-state index in [-0.39, 0.29) is 12.4 Å². The number of aryl methyl sites for hydroxylation is 1. The number of anilines is 1. The number of nitriles is 1. The summed E-state index contributed by atoms with van der Waals surface area (Å²) in [6, 6.07) is 8.45. The molecule has 0 bridgehead atoms. The highest BCUT2D eigenvalue weighted by Gasteiger charge is 2.16. The fraction of sp³-hybridized carbons (Fsp3) is 0.238. The number of hydrogen-bond donors (Lipinski definition) is 1. The van der Waals surface area contributed by atoms with E-state index < -0.39 is 0 Å². The average molecular weight is 421 g/mol. The Labute approximate surface area is 180 Å². The van der Waals surface area contributed by atoms with Crippen molar-refractivity contribution in [3.63, 3.8) is 0 Å². The highest BCUT2D eigenvalue weighted by Crippen LogP contribution is 2.32. The van der Waals surface area contributed by atoms with Crippen molar-refractivity contribution in [3.05, 3.63) is 54.7 Å². The molecule has 5 rings (SSSR count). The van der Waals surface area contributed by atoms with Gasteiger partial charge in [0, 0.05) is 74.1 Å². The molecule has 30 heavy (non-hydrogen) atoms. The zero-order valence-electron chi connectivity index (χ0n) is 16.5. The van der Waals surface area contributed by atoms with Crippen molar-refractivity contribution in [2.24, 2.45) is 7.05 Å². The van der Waals surface area contributed by atoms with Crippen LogP contribution in [-0.2, 0) is 7.05 Å². The van der Waals surface area contributed by atoms with Crippen molar-refractivity contribution >= 4 is 23.7 Å². The standard InChI is InChI=1S/C21H20N8.ClH/c1-27-13-18(12-25-27)16-8-19(21-17(9-22)11-26-29(21)14-16)15-2-3-20(24-10-15)28-6-4-23-5-7-28;/h2-3,8,10-14,23H,4-7H2,1H3;1H. The van der Waals surface area contributed by atoms with Gasteiger partial charge in [0.2, 0.25) is 0 Å². The van der Waals surface area contributed by atoms with E-state index in [9.17, 15) is 5.26 Å². The van der Waals surface area contributed by atoms with Crippen molar-refractivity contribution in [3.8, 4) is 28.3 Å². The van der Waals surface area contributed by atoms with E-state index in [0.717, 1.165) is 59.8 Å². The monoisotopic (exact) mass is 420 g/mol. The van der Waals surface area contributed by atoms with Crippen LogP contribution in [0.4, 0.5) is 5.82 Å². The predicted octanol–water partition coefficient (Wildman–Crippen LogP) is 2.50. The summed E-state index contributed by atoms with van der Waals surface area (Å²) in [6.07, 6.45) is 9.21. The van der Waals surface area contributed by atoms with Crippen LogP contribution in [0.5, 0.6) is 0 Å². The van der Waals surface area contributed by atoms with Crippen LogP contribution in [-0.4, -0.2) is 50.6 Å². The molecule has 1 aliphatic rings. The Morgan fingerprint density at radius 3 is 2.50 bits per heavy atom. The number of fused-ring (bicyclic) bond motifs is 1. The second-order valence-corrected chi connectivity index (χ2v) is 7.15. The quantitative estimate of drug-likeness (QED) is 0.548. The van der Waals surface area contributed by atoms with Gasteiger partial charge in [-0.2, -0.15) is 15.5 Å². The molecule has 1 aliphatic heterocycles. The van der Waals surface area contributed by atoms with E-state index in [1.807, 2.05) is 31.8 Å². The molecule has 0 saturated carbocycles. The SMILES string of the molecule is Cl.Cn1cc(-c2cc(-c3ccc(N4CCNCC4)nc3)c3c(C#N)cnn3c2)cn1. The first-order valence-electron chi connectivity index (χ1n) is 9.55. The fourth-order valence-corrected chi connectivity index (χ4v) is 3.78. The van der Waals surface area contributed by atoms with Crippen LogP contribution in [0.15, 0.2) is 49.2 Å². The molecule has 0 amide bonds. The smallest absolute Gasteiger partial charge is 0.128 e. The summed E-state index contributed by atoms with van der Waals surface area (Å²) in [7, 11) is 1.89. The highest BCUT2D eigenvalue weighted by atomic mass is 35.5. The minimum atomic E-state index is 0. The summed E-state index contributed by atoms with van der Waals surface area (Å²) in [5, 5.41) is 21.6. The molecule has 1 N–H and O–H groups in total. The summed E-state index contributed by atoms with van der Waals surface area (Å²) < 4.78 is 3.53. The Morgan fingerprint density at radius 2 is 1.83 bits per heavy atom. The van der Waals surface area contributed by atoms with Crippen LogP contribution in [0.3, 0.4) is 0 Å². The fourth-order valence-electron chi connectivity index (χ4n) is 3.78. The zero-order chi connectivity index (χ0) is 19.8. The van der Waals surface area contributed by atoms with Crippen LogP contribution in [0.2, 0.25) is 0 Å². The van der Waals surface area contributed by atoms with Crippen LogP contribution in [0.1, 0.15) is 5.56 Å². The summed E-state index contributed by atoms with van der Waals surface area (Å²) in [5.74, 6) is 0.976. The molecule has 5 heterocycles. The lowest BCUT2D eigenvalue weighted by atomic mass is 10.0. The van der Waals surface area contributed by atoms with E-state index in [2.05, 4.69) is 44.7 Å². The molecular formula is C21H21ClN8.